The quantitative estimate of drug-likeness (QED) is 0.851. The smallest absolute Gasteiger partial charge is 0.261 e. The van der Waals surface area contributed by atoms with E-state index in [2.05, 4.69) is 31.1 Å². The summed E-state index contributed by atoms with van der Waals surface area (Å²) in [6, 6.07) is 7.46. The molecule has 0 radical (unpaired) electrons. The van der Waals surface area contributed by atoms with E-state index in [1.165, 1.54) is 0 Å². The molecule has 0 bridgehead atoms. The normalized spacial score (nSPS) is 11.9. The Morgan fingerprint density at radius 2 is 1.95 bits per heavy atom. The number of nitrogens with zero attached hydrogens (tertiary/aromatic N) is 2. The highest BCUT2D eigenvalue weighted by Crippen LogP contribution is 2.16. The summed E-state index contributed by atoms with van der Waals surface area (Å²) in [6.45, 7) is 9.10. The largest absolute Gasteiger partial charge is 0.315 e. The van der Waals surface area contributed by atoms with E-state index >= 15 is 0 Å². The minimum absolute atomic E-state index is 0.0354. The van der Waals surface area contributed by atoms with Gasteiger partial charge in [-0.2, -0.15) is 0 Å². The Morgan fingerprint density at radius 1 is 1.20 bits per heavy atom. The molecule has 4 heteroatoms. The Kier molecular flexibility index (Phi) is 4.55. The van der Waals surface area contributed by atoms with Gasteiger partial charge in [0.2, 0.25) is 0 Å². The fraction of sp³-hybridized carbons (Fsp3) is 0.500. The van der Waals surface area contributed by atoms with Crippen LogP contribution in [-0.4, -0.2) is 22.6 Å². The van der Waals surface area contributed by atoms with Crippen LogP contribution >= 0.6 is 0 Å². The van der Waals surface area contributed by atoms with Gasteiger partial charge in [-0.15, -0.1) is 0 Å². The van der Waals surface area contributed by atoms with Gasteiger partial charge in [-0.05, 0) is 30.5 Å². The van der Waals surface area contributed by atoms with Gasteiger partial charge in [0.05, 0.1) is 17.2 Å². The summed E-state index contributed by atoms with van der Waals surface area (Å²) in [6.07, 6.45) is 2.76. The number of para-hydroxylation sites is 1. The Labute approximate surface area is 119 Å². The first-order chi connectivity index (χ1) is 9.47. The molecule has 4 nitrogen and oxygen atoms in total. The highest BCUT2D eigenvalue weighted by Gasteiger charge is 2.08. The third-order valence-electron chi connectivity index (χ3n) is 3.31. The standard InChI is InChI=1S/C16H23N3O/c1-16(2,3)8-9-17-10-11-19-12-18-14-7-5-4-6-13(14)15(19)20/h4-7,12,17H,8-11H2,1-3H3. The molecule has 20 heavy (non-hydrogen) atoms. The van der Waals surface area contributed by atoms with Gasteiger partial charge < -0.3 is 5.32 Å². The molecule has 1 heterocycles. The first-order valence-electron chi connectivity index (χ1n) is 7.12. The molecule has 1 aromatic carbocycles. The molecular formula is C16H23N3O. The first kappa shape index (κ1) is 14.7. The van der Waals surface area contributed by atoms with Crippen LogP contribution in [-0.2, 0) is 6.54 Å². The van der Waals surface area contributed by atoms with E-state index in [9.17, 15) is 4.79 Å². The zero-order valence-electron chi connectivity index (χ0n) is 12.5. The van der Waals surface area contributed by atoms with Crippen molar-refractivity contribution in [2.24, 2.45) is 5.41 Å². The lowest BCUT2D eigenvalue weighted by Crippen LogP contribution is -2.29. The van der Waals surface area contributed by atoms with Gasteiger partial charge >= 0.3 is 0 Å². The number of fused-ring (bicyclic) bond motifs is 1. The molecule has 1 aromatic heterocycles. The lowest BCUT2D eigenvalue weighted by Gasteiger charge is -2.18. The fourth-order valence-electron chi connectivity index (χ4n) is 2.05. The van der Waals surface area contributed by atoms with Gasteiger partial charge in [0.25, 0.3) is 5.56 Å². The van der Waals surface area contributed by atoms with Crippen molar-refractivity contribution in [1.82, 2.24) is 14.9 Å². The Bertz CT molecular complexity index is 625. The number of benzene rings is 1. The summed E-state index contributed by atoms with van der Waals surface area (Å²) in [5.74, 6) is 0. The predicted octanol–water partition coefficient (Wildman–Crippen LogP) is 2.42. The molecule has 0 unspecified atom stereocenters. The van der Waals surface area contributed by atoms with Crippen LogP contribution in [0.15, 0.2) is 35.4 Å². The van der Waals surface area contributed by atoms with E-state index in [0.717, 1.165) is 25.0 Å². The highest BCUT2D eigenvalue weighted by molar-refractivity contribution is 5.76. The number of hydrogen-bond donors (Lipinski definition) is 1. The van der Waals surface area contributed by atoms with E-state index in [4.69, 9.17) is 0 Å². The SMILES string of the molecule is CC(C)(C)CCNCCn1cnc2ccccc2c1=O. The van der Waals surface area contributed by atoms with Crippen LogP contribution in [0.4, 0.5) is 0 Å². The molecule has 0 spiro atoms. The molecule has 2 rings (SSSR count). The number of rotatable bonds is 5. The second kappa shape index (κ2) is 6.18. The summed E-state index contributed by atoms with van der Waals surface area (Å²) in [7, 11) is 0. The van der Waals surface area contributed by atoms with Crippen molar-refractivity contribution in [3.05, 3.63) is 40.9 Å². The topological polar surface area (TPSA) is 46.9 Å². The maximum Gasteiger partial charge on any atom is 0.261 e. The zero-order chi connectivity index (χ0) is 14.6. The molecule has 108 valence electrons. The van der Waals surface area contributed by atoms with Crippen molar-refractivity contribution in [3.63, 3.8) is 0 Å². The monoisotopic (exact) mass is 273 g/mol. The highest BCUT2D eigenvalue weighted by atomic mass is 16.1. The van der Waals surface area contributed by atoms with Crippen molar-refractivity contribution in [3.8, 4) is 0 Å². The summed E-state index contributed by atoms with van der Waals surface area (Å²) in [5, 5.41) is 4.06. The molecule has 0 aliphatic carbocycles. The molecule has 2 aromatic rings. The molecule has 0 saturated carbocycles. The average molecular weight is 273 g/mol. The first-order valence-corrected chi connectivity index (χ1v) is 7.12. The maximum atomic E-state index is 12.2. The molecule has 0 amide bonds. The van der Waals surface area contributed by atoms with Gasteiger partial charge in [-0.3, -0.25) is 9.36 Å². The van der Waals surface area contributed by atoms with Gasteiger partial charge in [0.1, 0.15) is 0 Å². The maximum absolute atomic E-state index is 12.2. The van der Waals surface area contributed by atoms with E-state index in [0.29, 0.717) is 17.3 Å². The zero-order valence-corrected chi connectivity index (χ0v) is 12.5. The Balaban J connectivity index is 1.94. The predicted molar refractivity (Wildman–Crippen MR) is 82.9 cm³/mol. The van der Waals surface area contributed by atoms with E-state index < -0.39 is 0 Å². The Hall–Kier alpha value is -1.68. The van der Waals surface area contributed by atoms with Crippen molar-refractivity contribution >= 4 is 10.9 Å². The van der Waals surface area contributed by atoms with Crippen LogP contribution in [0.2, 0.25) is 0 Å². The van der Waals surface area contributed by atoms with Gasteiger partial charge in [0.15, 0.2) is 0 Å². The van der Waals surface area contributed by atoms with E-state index in [-0.39, 0.29) is 5.56 Å². The molecule has 0 saturated heterocycles. The van der Waals surface area contributed by atoms with Crippen LogP contribution in [0, 0.1) is 5.41 Å². The second-order valence-electron chi connectivity index (χ2n) is 6.32. The molecule has 0 atom stereocenters. The van der Waals surface area contributed by atoms with E-state index in [1.807, 2.05) is 24.3 Å². The van der Waals surface area contributed by atoms with Gasteiger partial charge in [-0.25, -0.2) is 4.98 Å². The lowest BCUT2D eigenvalue weighted by atomic mass is 9.92. The van der Waals surface area contributed by atoms with Crippen molar-refractivity contribution < 1.29 is 0 Å². The van der Waals surface area contributed by atoms with Crippen LogP contribution in [0.25, 0.3) is 10.9 Å². The molecule has 0 aliphatic rings. The average Bonchev–Trinajstić information content (AvgIpc) is 2.40. The summed E-state index contributed by atoms with van der Waals surface area (Å²) in [4.78, 5) is 16.6. The summed E-state index contributed by atoms with van der Waals surface area (Å²) >= 11 is 0. The third kappa shape index (κ3) is 3.90. The molecule has 0 fully saturated rings. The molecule has 1 N–H and O–H groups in total. The number of nitrogens with one attached hydrogen (secondary N) is 1. The second-order valence-corrected chi connectivity index (χ2v) is 6.32. The Morgan fingerprint density at radius 3 is 2.70 bits per heavy atom. The van der Waals surface area contributed by atoms with Crippen molar-refractivity contribution in [2.75, 3.05) is 13.1 Å². The minimum atomic E-state index is 0.0354. The summed E-state index contributed by atoms with van der Waals surface area (Å²) < 4.78 is 1.67. The summed E-state index contributed by atoms with van der Waals surface area (Å²) in [5.41, 5.74) is 1.14. The number of hydrogen-bond acceptors (Lipinski definition) is 3. The third-order valence-corrected chi connectivity index (χ3v) is 3.31. The van der Waals surface area contributed by atoms with E-state index in [1.54, 1.807) is 10.9 Å². The lowest BCUT2D eigenvalue weighted by molar-refractivity contribution is 0.365. The van der Waals surface area contributed by atoms with Crippen LogP contribution in [0.5, 0.6) is 0 Å². The molecular weight excluding hydrogens is 250 g/mol. The fourth-order valence-corrected chi connectivity index (χ4v) is 2.05. The minimum Gasteiger partial charge on any atom is -0.315 e. The van der Waals surface area contributed by atoms with Gasteiger partial charge in [-0.1, -0.05) is 32.9 Å². The van der Waals surface area contributed by atoms with Crippen LogP contribution in [0.3, 0.4) is 0 Å². The van der Waals surface area contributed by atoms with Crippen molar-refractivity contribution in [1.29, 1.82) is 0 Å². The molecule has 0 aliphatic heterocycles. The van der Waals surface area contributed by atoms with Crippen LogP contribution in [0.1, 0.15) is 27.2 Å². The van der Waals surface area contributed by atoms with Crippen molar-refractivity contribution in [2.45, 2.75) is 33.7 Å². The van der Waals surface area contributed by atoms with Crippen LogP contribution < -0.4 is 10.9 Å². The van der Waals surface area contributed by atoms with Gasteiger partial charge in [0, 0.05) is 13.1 Å². The number of aromatic nitrogens is 2.